The van der Waals surface area contributed by atoms with Crippen LogP contribution in [0.1, 0.15) is 30.9 Å². The fraction of sp³-hybridized carbons (Fsp3) is 0.409. The minimum absolute atomic E-state index is 0.0964. The number of anilines is 2. The van der Waals surface area contributed by atoms with E-state index in [0.717, 1.165) is 36.2 Å². The van der Waals surface area contributed by atoms with E-state index in [0.29, 0.717) is 25.4 Å². The number of aryl methyl sites for hydroxylation is 1. The van der Waals surface area contributed by atoms with Crippen LogP contribution in [0.4, 0.5) is 24.5 Å². The summed E-state index contributed by atoms with van der Waals surface area (Å²) in [4.78, 5) is 13.6. The summed E-state index contributed by atoms with van der Waals surface area (Å²) in [5.41, 5.74) is 2.21. The van der Waals surface area contributed by atoms with Crippen molar-refractivity contribution < 1.29 is 22.7 Å². The summed E-state index contributed by atoms with van der Waals surface area (Å²) in [5.74, 6) is -0.239. The molecule has 0 saturated carbocycles. The average molecular weight is 406 g/mol. The van der Waals surface area contributed by atoms with Crippen molar-refractivity contribution in [2.75, 3.05) is 24.6 Å². The lowest BCUT2D eigenvalue weighted by molar-refractivity contribution is -0.143. The van der Waals surface area contributed by atoms with Gasteiger partial charge in [0.1, 0.15) is 0 Å². The Morgan fingerprint density at radius 1 is 1.17 bits per heavy atom. The molecule has 29 heavy (non-hydrogen) atoms. The maximum absolute atomic E-state index is 12.9. The van der Waals surface area contributed by atoms with Crippen LogP contribution in [0.3, 0.4) is 0 Å². The summed E-state index contributed by atoms with van der Waals surface area (Å²) >= 11 is 0. The number of hydrogen-bond acceptors (Lipinski definition) is 4. The fourth-order valence-electron chi connectivity index (χ4n) is 3.58. The highest BCUT2D eigenvalue weighted by atomic mass is 19.4. The van der Waals surface area contributed by atoms with Gasteiger partial charge in [0.25, 0.3) is 0 Å². The van der Waals surface area contributed by atoms with E-state index in [-0.39, 0.29) is 18.4 Å². The zero-order valence-corrected chi connectivity index (χ0v) is 16.3. The van der Waals surface area contributed by atoms with E-state index in [2.05, 4.69) is 5.32 Å². The first-order valence-electron chi connectivity index (χ1n) is 9.80. The van der Waals surface area contributed by atoms with Crippen molar-refractivity contribution in [2.24, 2.45) is 0 Å². The highest BCUT2D eigenvalue weighted by Gasteiger charge is 2.30. The number of carbonyl (C=O) groups excluding carboxylic acids is 1. The van der Waals surface area contributed by atoms with Gasteiger partial charge in [-0.3, -0.25) is 4.79 Å². The molecule has 4 nitrogen and oxygen atoms in total. The van der Waals surface area contributed by atoms with Gasteiger partial charge in [-0.25, -0.2) is 0 Å². The molecular weight excluding hydrogens is 381 g/mol. The van der Waals surface area contributed by atoms with E-state index in [9.17, 15) is 18.0 Å². The number of rotatable bonds is 6. The van der Waals surface area contributed by atoms with Gasteiger partial charge >= 0.3 is 12.1 Å². The number of hydrogen-bond donors (Lipinski definition) is 1. The number of carbonyl (C=O) groups is 1. The van der Waals surface area contributed by atoms with Gasteiger partial charge in [0, 0.05) is 30.5 Å². The zero-order valence-electron chi connectivity index (χ0n) is 16.3. The predicted octanol–water partition coefficient (Wildman–Crippen LogP) is 4.70. The lowest BCUT2D eigenvalue weighted by Gasteiger charge is -2.28. The predicted molar refractivity (Wildman–Crippen MR) is 106 cm³/mol. The third-order valence-electron chi connectivity index (χ3n) is 5.02. The van der Waals surface area contributed by atoms with Crippen LogP contribution in [-0.2, 0) is 22.1 Å². The van der Waals surface area contributed by atoms with Gasteiger partial charge < -0.3 is 15.0 Å². The van der Waals surface area contributed by atoms with Crippen molar-refractivity contribution in [3.8, 4) is 0 Å². The molecule has 0 fully saturated rings. The fourth-order valence-corrected chi connectivity index (χ4v) is 3.58. The molecule has 0 amide bonds. The molecule has 156 valence electrons. The first-order chi connectivity index (χ1) is 13.9. The number of fused-ring (bicyclic) bond motifs is 1. The van der Waals surface area contributed by atoms with Gasteiger partial charge in [-0.15, -0.1) is 0 Å². The minimum atomic E-state index is -4.35. The van der Waals surface area contributed by atoms with Crippen molar-refractivity contribution in [1.82, 2.24) is 5.32 Å². The SMILES string of the molecule is CCOC(=O)CCNC1CCc2ccccc2N(c2ccc(C(F)(F)F)cc2)C1. The Morgan fingerprint density at radius 2 is 1.90 bits per heavy atom. The molecule has 0 bridgehead atoms. The monoisotopic (exact) mass is 406 g/mol. The quantitative estimate of drug-likeness (QED) is 0.706. The van der Waals surface area contributed by atoms with E-state index in [1.807, 2.05) is 29.2 Å². The second-order valence-corrected chi connectivity index (χ2v) is 7.03. The Bertz CT molecular complexity index is 822. The van der Waals surface area contributed by atoms with Crippen LogP contribution in [0.25, 0.3) is 0 Å². The van der Waals surface area contributed by atoms with Gasteiger partial charge in [0.05, 0.1) is 18.6 Å². The molecule has 1 atom stereocenters. The molecule has 1 unspecified atom stereocenters. The number of nitrogens with one attached hydrogen (secondary N) is 1. The van der Waals surface area contributed by atoms with Crippen molar-refractivity contribution in [3.05, 3.63) is 59.7 Å². The number of alkyl halides is 3. The van der Waals surface area contributed by atoms with Crippen LogP contribution >= 0.6 is 0 Å². The third-order valence-corrected chi connectivity index (χ3v) is 5.02. The molecule has 0 aliphatic carbocycles. The van der Waals surface area contributed by atoms with E-state index < -0.39 is 11.7 Å². The zero-order chi connectivity index (χ0) is 20.9. The van der Waals surface area contributed by atoms with Crippen LogP contribution in [0.5, 0.6) is 0 Å². The van der Waals surface area contributed by atoms with E-state index in [1.165, 1.54) is 12.1 Å². The Hall–Kier alpha value is -2.54. The Morgan fingerprint density at radius 3 is 2.59 bits per heavy atom. The number of para-hydroxylation sites is 1. The summed E-state index contributed by atoms with van der Waals surface area (Å²) < 4.78 is 43.7. The van der Waals surface area contributed by atoms with Gasteiger partial charge in [0.2, 0.25) is 0 Å². The Kier molecular flexibility index (Phi) is 6.79. The second-order valence-electron chi connectivity index (χ2n) is 7.03. The molecule has 1 aliphatic heterocycles. The topological polar surface area (TPSA) is 41.6 Å². The lowest BCUT2D eigenvalue weighted by Crippen LogP contribution is -2.39. The number of ether oxygens (including phenoxy) is 1. The standard InChI is InChI=1S/C22H25F3N2O2/c1-2-29-21(28)13-14-26-18-10-7-16-5-3-4-6-20(16)27(15-18)19-11-8-17(9-12-19)22(23,24)25/h3-6,8-9,11-12,18,26H,2,7,10,13-15H2,1H3. The van der Waals surface area contributed by atoms with Crippen LogP contribution in [-0.4, -0.2) is 31.7 Å². The smallest absolute Gasteiger partial charge is 0.416 e. The molecule has 2 aromatic carbocycles. The molecule has 2 aromatic rings. The van der Waals surface area contributed by atoms with E-state index >= 15 is 0 Å². The van der Waals surface area contributed by atoms with Gasteiger partial charge in [-0.05, 0) is 55.7 Å². The average Bonchev–Trinajstić information content (AvgIpc) is 2.88. The molecule has 3 rings (SSSR count). The highest BCUT2D eigenvalue weighted by molar-refractivity contribution is 5.69. The summed E-state index contributed by atoms with van der Waals surface area (Å²) in [6, 6.07) is 13.3. The molecule has 0 saturated heterocycles. The summed E-state index contributed by atoms with van der Waals surface area (Å²) in [6.45, 7) is 3.24. The van der Waals surface area contributed by atoms with Crippen LogP contribution < -0.4 is 10.2 Å². The van der Waals surface area contributed by atoms with E-state index in [1.54, 1.807) is 6.92 Å². The largest absolute Gasteiger partial charge is 0.466 e. The second kappa shape index (κ2) is 9.31. The first-order valence-corrected chi connectivity index (χ1v) is 9.80. The molecule has 1 N–H and O–H groups in total. The van der Waals surface area contributed by atoms with Gasteiger partial charge in [0.15, 0.2) is 0 Å². The van der Waals surface area contributed by atoms with Crippen LogP contribution in [0.2, 0.25) is 0 Å². The van der Waals surface area contributed by atoms with Gasteiger partial charge in [-0.1, -0.05) is 18.2 Å². The van der Waals surface area contributed by atoms with Crippen molar-refractivity contribution in [1.29, 1.82) is 0 Å². The Balaban J connectivity index is 1.78. The van der Waals surface area contributed by atoms with Crippen molar-refractivity contribution >= 4 is 17.3 Å². The highest BCUT2D eigenvalue weighted by Crippen LogP contribution is 2.35. The normalized spacial score (nSPS) is 16.8. The number of esters is 1. The minimum Gasteiger partial charge on any atom is -0.466 e. The molecule has 1 aliphatic rings. The van der Waals surface area contributed by atoms with E-state index in [4.69, 9.17) is 4.74 Å². The molecule has 0 aromatic heterocycles. The summed E-state index contributed by atoms with van der Waals surface area (Å²) in [6.07, 6.45) is -2.34. The number of halogens is 3. The maximum atomic E-state index is 12.9. The van der Waals surface area contributed by atoms with Gasteiger partial charge in [-0.2, -0.15) is 13.2 Å². The Labute approximate surface area is 168 Å². The third kappa shape index (κ3) is 5.50. The molecule has 7 heteroatoms. The van der Waals surface area contributed by atoms with Crippen LogP contribution in [0, 0.1) is 0 Å². The lowest BCUT2D eigenvalue weighted by atomic mass is 10.1. The first kappa shape index (κ1) is 21.2. The summed E-state index contributed by atoms with van der Waals surface area (Å²) in [5, 5.41) is 3.40. The van der Waals surface area contributed by atoms with Crippen LogP contribution in [0.15, 0.2) is 48.5 Å². The maximum Gasteiger partial charge on any atom is 0.416 e. The summed E-state index contributed by atoms with van der Waals surface area (Å²) in [7, 11) is 0. The molecular formula is C22H25F3N2O2. The molecule has 0 spiro atoms. The number of nitrogens with zero attached hydrogens (tertiary/aromatic N) is 1. The van der Waals surface area contributed by atoms with Crippen molar-refractivity contribution in [3.63, 3.8) is 0 Å². The molecule has 0 radical (unpaired) electrons. The molecule has 1 heterocycles. The number of benzene rings is 2. The van der Waals surface area contributed by atoms with Crippen molar-refractivity contribution in [2.45, 2.75) is 38.4 Å².